The predicted octanol–water partition coefficient (Wildman–Crippen LogP) is 2.53. The molecule has 3 amide bonds. The van der Waals surface area contributed by atoms with E-state index in [1.807, 2.05) is 0 Å². The Balaban J connectivity index is 1.91. The van der Waals surface area contributed by atoms with Crippen LogP contribution in [0.4, 0.5) is 4.79 Å². The summed E-state index contributed by atoms with van der Waals surface area (Å²) in [5.41, 5.74) is 0.342. The molecule has 0 aliphatic carbocycles. The van der Waals surface area contributed by atoms with Gasteiger partial charge in [0.2, 0.25) is 5.91 Å². The molecular weight excluding hydrogens is 368 g/mol. The number of imide groups is 1. The maximum Gasteiger partial charge on any atom is 0.288 e. The van der Waals surface area contributed by atoms with Crippen LogP contribution in [0, 0.1) is 0 Å². The molecule has 0 bridgehead atoms. The van der Waals surface area contributed by atoms with E-state index in [2.05, 4.69) is 21.2 Å². The largest absolute Gasteiger partial charge is 0.350 e. The Hall–Kier alpha value is -1.05. The van der Waals surface area contributed by atoms with Crippen molar-refractivity contribution in [1.29, 1.82) is 0 Å². The molecule has 0 spiro atoms. The second-order valence-electron chi connectivity index (χ2n) is 3.96. The number of nitrogens with zero attached hydrogens (tertiary/aromatic N) is 1. The summed E-state index contributed by atoms with van der Waals surface area (Å²) in [6, 6.07) is 5.04. The van der Waals surface area contributed by atoms with Crippen molar-refractivity contribution in [2.24, 2.45) is 0 Å². The maximum absolute atomic E-state index is 11.9. The molecule has 1 saturated heterocycles. The van der Waals surface area contributed by atoms with Crippen molar-refractivity contribution >= 4 is 56.3 Å². The van der Waals surface area contributed by atoms with Gasteiger partial charge in [-0.1, -0.05) is 29.4 Å². The smallest absolute Gasteiger partial charge is 0.288 e. The average molecular weight is 378 g/mol. The van der Waals surface area contributed by atoms with Crippen LogP contribution in [0.1, 0.15) is 10.4 Å². The van der Waals surface area contributed by atoms with Crippen molar-refractivity contribution in [3.8, 4) is 0 Å². The molecule has 1 fully saturated rings. The Labute approximate surface area is 133 Å². The summed E-state index contributed by atoms with van der Waals surface area (Å²) in [5.74, 6) is -0.401. The van der Waals surface area contributed by atoms with Gasteiger partial charge in [0.05, 0.1) is 16.3 Å². The summed E-state index contributed by atoms with van der Waals surface area (Å²) in [6.45, 7) is 0.363. The predicted molar refractivity (Wildman–Crippen MR) is 81.1 cm³/mol. The Morgan fingerprint density at radius 1 is 1.45 bits per heavy atom. The van der Waals surface area contributed by atoms with E-state index in [1.54, 1.807) is 18.2 Å². The average Bonchev–Trinajstić information content (AvgIpc) is 2.73. The highest BCUT2D eigenvalue weighted by molar-refractivity contribution is 9.10. The number of hydrogen-bond donors (Lipinski definition) is 1. The standard InChI is InChI=1S/C12H10BrClN2O3S/c13-8-3-1-2-7(10(8)14)11(18)15-4-5-16-9(17)6-20-12(16)19/h1-3H,4-6H2,(H,15,18). The Morgan fingerprint density at radius 2 is 2.20 bits per heavy atom. The van der Waals surface area contributed by atoms with Crippen LogP contribution in [0.25, 0.3) is 0 Å². The molecule has 1 aromatic rings. The fourth-order valence-corrected chi connectivity index (χ4v) is 2.98. The van der Waals surface area contributed by atoms with E-state index in [4.69, 9.17) is 11.6 Å². The third-order valence-corrected chi connectivity index (χ3v) is 4.81. The van der Waals surface area contributed by atoms with Crippen molar-refractivity contribution in [3.05, 3.63) is 33.3 Å². The number of rotatable bonds is 4. The van der Waals surface area contributed by atoms with Crippen LogP contribution in [0.5, 0.6) is 0 Å². The number of halogens is 2. The minimum atomic E-state index is -0.344. The summed E-state index contributed by atoms with van der Waals surface area (Å²) >= 11 is 10.2. The van der Waals surface area contributed by atoms with E-state index in [-0.39, 0.29) is 35.9 Å². The van der Waals surface area contributed by atoms with E-state index in [9.17, 15) is 14.4 Å². The molecule has 1 aliphatic rings. The molecule has 0 aromatic heterocycles. The molecule has 1 N–H and O–H groups in total. The third kappa shape index (κ3) is 3.34. The summed E-state index contributed by atoms with van der Waals surface area (Å²) in [5, 5.41) is 2.69. The summed E-state index contributed by atoms with van der Waals surface area (Å²) in [7, 11) is 0. The number of nitrogens with one attached hydrogen (secondary N) is 1. The first kappa shape index (κ1) is 15.3. The summed E-state index contributed by atoms with van der Waals surface area (Å²) in [4.78, 5) is 35.8. The van der Waals surface area contributed by atoms with Crippen molar-refractivity contribution in [1.82, 2.24) is 10.2 Å². The zero-order valence-electron chi connectivity index (χ0n) is 10.2. The highest BCUT2D eigenvalue weighted by Gasteiger charge is 2.29. The van der Waals surface area contributed by atoms with Gasteiger partial charge in [-0.2, -0.15) is 0 Å². The molecule has 0 radical (unpaired) electrons. The fraction of sp³-hybridized carbons (Fsp3) is 0.250. The summed E-state index contributed by atoms with van der Waals surface area (Å²) in [6.07, 6.45) is 0. The molecule has 0 saturated carbocycles. The third-order valence-electron chi connectivity index (χ3n) is 2.66. The van der Waals surface area contributed by atoms with Crippen molar-refractivity contribution < 1.29 is 14.4 Å². The lowest BCUT2D eigenvalue weighted by Gasteiger charge is -2.13. The van der Waals surface area contributed by atoms with E-state index in [1.165, 1.54) is 0 Å². The molecule has 106 valence electrons. The van der Waals surface area contributed by atoms with Gasteiger partial charge in [-0.25, -0.2) is 0 Å². The van der Waals surface area contributed by atoms with Gasteiger partial charge in [0.15, 0.2) is 0 Å². The topological polar surface area (TPSA) is 66.5 Å². The fourth-order valence-electron chi connectivity index (χ4n) is 1.65. The molecule has 1 aromatic carbocycles. The molecular formula is C12H10BrClN2O3S. The SMILES string of the molecule is O=C(NCCN1C(=O)CSC1=O)c1cccc(Br)c1Cl. The van der Waals surface area contributed by atoms with Crippen LogP contribution in [-0.2, 0) is 4.79 Å². The van der Waals surface area contributed by atoms with Crippen molar-refractivity contribution in [3.63, 3.8) is 0 Å². The minimum Gasteiger partial charge on any atom is -0.350 e. The zero-order chi connectivity index (χ0) is 14.7. The number of thioether (sulfide) groups is 1. The van der Waals surface area contributed by atoms with Gasteiger partial charge in [-0.3, -0.25) is 19.3 Å². The van der Waals surface area contributed by atoms with Crippen LogP contribution in [0.3, 0.4) is 0 Å². The van der Waals surface area contributed by atoms with Gasteiger partial charge in [-0.15, -0.1) is 0 Å². The minimum absolute atomic E-state index is 0.169. The van der Waals surface area contributed by atoms with Gasteiger partial charge in [0, 0.05) is 17.6 Å². The van der Waals surface area contributed by atoms with Crippen molar-refractivity contribution in [2.75, 3.05) is 18.8 Å². The van der Waals surface area contributed by atoms with E-state index in [0.717, 1.165) is 16.7 Å². The lowest BCUT2D eigenvalue weighted by molar-refractivity contribution is -0.124. The number of hydrogen-bond acceptors (Lipinski definition) is 4. The molecule has 1 aliphatic heterocycles. The van der Waals surface area contributed by atoms with Gasteiger partial charge >= 0.3 is 0 Å². The molecule has 8 heteroatoms. The molecule has 1 heterocycles. The van der Waals surface area contributed by atoms with Gasteiger partial charge < -0.3 is 5.32 Å². The Bertz CT molecular complexity index is 566. The Morgan fingerprint density at radius 3 is 2.85 bits per heavy atom. The molecule has 0 atom stereocenters. The highest BCUT2D eigenvalue weighted by atomic mass is 79.9. The van der Waals surface area contributed by atoms with E-state index >= 15 is 0 Å². The maximum atomic E-state index is 11.9. The lowest BCUT2D eigenvalue weighted by Crippen LogP contribution is -2.37. The number of carbonyl (C=O) groups is 3. The lowest BCUT2D eigenvalue weighted by atomic mass is 10.2. The van der Waals surface area contributed by atoms with Crippen LogP contribution in [-0.4, -0.2) is 40.8 Å². The van der Waals surface area contributed by atoms with Gasteiger partial charge in [-0.05, 0) is 28.1 Å². The number of benzene rings is 1. The van der Waals surface area contributed by atoms with Gasteiger partial charge in [0.25, 0.3) is 11.1 Å². The number of amides is 3. The number of carbonyl (C=O) groups excluding carboxylic acids is 3. The quantitative estimate of drug-likeness (QED) is 0.875. The molecule has 5 nitrogen and oxygen atoms in total. The van der Waals surface area contributed by atoms with Crippen LogP contribution >= 0.6 is 39.3 Å². The van der Waals surface area contributed by atoms with E-state index < -0.39 is 0 Å². The first-order chi connectivity index (χ1) is 9.50. The first-order valence-corrected chi connectivity index (χ1v) is 7.85. The van der Waals surface area contributed by atoms with E-state index in [0.29, 0.717) is 15.1 Å². The highest BCUT2D eigenvalue weighted by Crippen LogP contribution is 2.25. The second-order valence-corrected chi connectivity index (χ2v) is 6.12. The monoisotopic (exact) mass is 376 g/mol. The normalized spacial score (nSPS) is 14.8. The van der Waals surface area contributed by atoms with Crippen LogP contribution in [0.2, 0.25) is 5.02 Å². The second kappa shape index (κ2) is 6.60. The summed E-state index contributed by atoms with van der Waals surface area (Å²) < 4.78 is 0.633. The zero-order valence-corrected chi connectivity index (χ0v) is 13.3. The Kier molecular flexibility index (Phi) is 5.06. The van der Waals surface area contributed by atoms with Crippen molar-refractivity contribution in [2.45, 2.75) is 0 Å². The van der Waals surface area contributed by atoms with Crippen LogP contribution in [0.15, 0.2) is 22.7 Å². The molecule has 2 rings (SSSR count). The van der Waals surface area contributed by atoms with Gasteiger partial charge in [0.1, 0.15) is 0 Å². The molecule has 20 heavy (non-hydrogen) atoms. The molecule has 0 unspecified atom stereocenters. The first-order valence-electron chi connectivity index (χ1n) is 5.70. The van der Waals surface area contributed by atoms with Crippen LogP contribution < -0.4 is 5.32 Å².